The molecule has 112 valence electrons. The van der Waals surface area contributed by atoms with E-state index in [-0.39, 0.29) is 17.8 Å². The third kappa shape index (κ3) is 3.72. The smallest absolute Gasteiger partial charge is 0.338 e. The summed E-state index contributed by atoms with van der Waals surface area (Å²) in [5, 5.41) is 0. The molecule has 4 heteroatoms. The van der Waals surface area contributed by atoms with Crippen molar-refractivity contribution in [1.29, 1.82) is 0 Å². The molecule has 1 aromatic rings. The number of carbonyl (C=O) groups excluding carboxylic acids is 2. The summed E-state index contributed by atoms with van der Waals surface area (Å²) in [6.07, 6.45) is 2.27. The summed E-state index contributed by atoms with van der Waals surface area (Å²) in [5.41, 5.74) is 0.648. The quantitative estimate of drug-likeness (QED) is 0.633. The summed E-state index contributed by atoms with van der Waals surface area (Å²) in [6.45, 7) is 9.83. The van der Waals surface area contributed by atoms with E-state index in [0.29, 0.717) is 18.5 Å². The molecule has 21 heavy (non-hydrogen) atoms. The zero-order valence-electron chi connectivity index (χ0n) is 12.8. The minimum Gasteiger partial charge on any atom is -0.456 e. The molecule has 1 aliphatic heterocycles. The van der Waals surface area contributed by atoms with Gasteiger partial charge in [-0.3, -0.25) is 4.79 Å². The van der Waals surface area contributed by atoms with Crippen LogP contribution in [-0.4, -0.2) is 24.0 Å². The maximum absolute atomic E-state index is 12.1. The number of amides is 1. The van der Waals surface area contributed by atoms with Crippen molar-refractivity contribution < 1.29 is 14.3 Å². The summed E-state index contributed by atoms with van der Waals surface area (Å²) in [4.78, 5) is 25.8. The number of carbonyl (C=O) groups is 2. The number of hydrogen-bond acceptors (Lipinski definition) is 3. The predicted octanol–water partition coefficient (Wildman–Crippen LogP) is 3.18. The standard InChI is InChI=1S/C17H21NO3/c1-5-12-9-15(19)18(11-12)14-8-6-7-13(10-14)16(20)21-17(2,3)4/h5-8,10,12H,1,9,11H2,2-4H3. The van der Waals surface area contributed by atoms with Gasteiger partial charge in [-0.2, -0.15) is 0 Å². The number of anilines is 1. The van der Waals surface area contributed by atoms with Gasteiger partial charge in [0.1, 0.15) is 5.60 Å². The predicted molar refractivity (Wildman–Crippen MR) is 82.3 cm³/mol. The Morgan fingerprint density at radius 1 is 1.43 bits per heavy atom. The summed E-state index contributed by atoms with van der Waals surface area (Å²) in [7, 11) is 0. The normalized spacial score (nSPS) is 18.7. The molecule has 1 atom stereocenters. The maximum Gasteiger partial charge on any atom is 0.338 e. The van der Waals surface area contributed by atoms with Gasteiger partial charge in [-0.05, 0) is 39.0 Å². The van der Waals surface area contributed by atoms with Gasteiger partial charge < -0.3 is 9.64 Å². The fourth-order valence-electron chi connectivity index (χ4n) is 2.28. The molecule has 2 rings (SSSR count). The molecule has 4 nitrogen and oxygen atoms in total. The average molecular weight is 287 g/mol. The van der Waals surface area contributed by atoms with Crippen LogP contribution in [0.15, 0.2) is 36.9 Å². The van der Waals surface area contributed by atoms with E-state index >= 15 is 0 Å². The number of nitrogens with zero attached hydrogens (tertiary/aromatic N) is 1. The molecule has 0 aromatic heterocycles. The second-order valence-electron chi connectivity index (χ2n) is 6.26. The highest BCUT2D eigenvalue weighted by atomic mass is 16.6. The molecular weight excluding hydrogens is 266 g/mol. The van der Waals surface area contributed by atoms with Crippen LogP contribution >= 0.6 is 0 Å². The van der Waals surface area contributed by atoms with Crippen LogP contribution in [-0.2, 0) is 9.53 Å². The molecule has 1 aromatic carbocycles. The van der Waals surface area contributed by atoms with E-state index < -0.39 is 5.60 Å². The summed E-state index contributed by atoms with van der Waals surface area (Å²) in [5.74, 6) is -0.153. The molecule has 0 radical (unpaired) electrons. The third-order valence-electron chi connectivity index (χ3n) is 3.28. The molecule has 1 amide bonds. The Morgan fingerprint density at radius 3 is 2.71 bits per heavy atom. The highest BCUT2D eigenvalue weighted by molar-refractivity contribution is 5.98. The first-order chi connectivity index (χ1) is 9.80. The first-order valence-corrected chi connectivity index (χ1v) is 7.06. The Bertz CT molecular complexity index is 572. The van der Waals surface area contributed by atoms with Gasteiger partial charge in [-0.25, -0.2) is 4.79 Å². The van der Waals surface area contributed by atoms with Crippen LogP contribution < -0.4 is 4.90 Å². The van der Waals surface area contributed by atoms with Gasteiger partial charge in [0.2, 0.25) is 5.91 Å². The highest BCUT2D eigenvalue weighted by Gasteiger charge is 2.29. The molecule has 0 aliphatic carbocycles. The Kier molecular flexibility index (Phi) is 4.16. The minimum absolute atomic E-state index is 0.0567. The lowest BCUT2D eigenvalue weighted by molar-refractivity contribution is -0.117. The van der Waals surface area contributed by atoms with Gasteiger partial charge >= 0.3 is 5.97 Å². The van der Waals surface area contributed by atoms with E-state index in [1.165, 1.54) is 0 Å². The van der Waals surface area contributed by atoms with Crippen LogP contribution in [0.3, 0.4) is 0 Å². The topological polar surface area (TPSA) is 46.6 Å². The van der Waals surface area contributed by atoms with Crippen molar-refractivity contribution in [2.24, 2.45) is 5.92 Å². The Balaban J connectivity index is 2.20. The number of esters is 1. The third-order valence-corrected chi connectivity index (χ3v) is 3.28. The number of benzene rings is 1. The molecule has 0 spiro atoms. The van der Waals surface area contributed by atoms with Crippen molar-refractivity contribution in [3.8, 4) is 0 Å². The van der Waals surface area contributed by atoms with Crippen LogP contribution in [0.1, 0.15) is 37.6 Å². The number of ether oxygens (including phenoxy) is 1. The molecule has 1 aliphatic rings. The molecule has 0 N–H and O–H groups in total. The van der Waals surface area contributed by atoms with Crippen molar-refractivity contribution >= 4 is 17.6 Å². The minimum atomic E-state index is -0.537. The lowest BCUT2D eigenvalue weighted by Gasteiger charge is -2.21. The summed E-state index contributed by atoms with van der Waals surface area (Å²) >= 11 is 0. The van der Waals surface area contributed by atoms with Crippen molar-refractivity contribution in [3.05, 3.63) is 42.5 Å². The lowest BCUT2D eigenvalue weighted by Crippen LogP contribution is -2.26. The number of rotatable bonds is 3. The average Bonchev–Trinajstić information content (AvgIpc) is 2.78. The van der Waals surface area contributed by atoms with Gasteiger partial charge in [-0.1, -0.05) is 12.1 Å². The van der Waals surface area contributed by atoms with Crippen molar-refractivity contribution in [2.75, 3.05) is 11.4 Å². The van der Waals surface area contributed by atoms with E-state index in [9.17, 15) is 9.59 Å². The SMILES string of the molecule is C=CC1CC(=O)N(c2cccc(C(=O)OC(C)(C)C)c2)C1. The van der Waals surface area contributed by atoms with Gasteiger partial charge in [0.15, 0.2) is 0 Å². The van der Waals surface area contributed by atoms with Gasteiger partial charge in [0, 0.05) is 24.6 Å². The fraction of sp³-hybridized carbons (Fsp3) is 0.412. The fourth-order valence-corrected chi connectivity index (χ4v) is 2.28. The van der Waals surface area contributed by atoms with E-state index in [1.807, 2.05) is 26.8 Å². The molecule has 1 unspecified atom stereocenters. The Morgan fingerprint density at radius 2 is 2.14 bits per heavy atom. The van der Waals surface area contributed by atoms with E-state index in [0.717, 1.165) is 5.69 Å². The number of hydrogen-bond donors (Lipinski definition) is 0. The van der Waals surface area contributed by atoms with Crippen LogP contribution in [0.25, 0.3) is 0 Å². The van der Waals surface area contributed by atoms with Gasteiger partial charge in [0.25, 0.3) is 0 Å². The zero-order valence-corrected chi connectivity index (χ0v) is 12.8. The summed E-state index contributed by atoms with van der Waals surface area (Å²) < 4.78 is 5.35. The van der Waals surface area contributed by atoms with Crippen LogP contribution in [0.4, 0.5) is 5.69 Å². The van der Waals surface area contributed by atoms with Crippen LogP contribution in [0.5, 0.6) is 0 Å². The van der Waals surface area contributed by atoms with Gasteiger partial charge in [-0.15, -0.1) is 6.58 Å². The molecule has 1 heterocycles. The second-order valence-corrected chi connectivity index (χ2v) is 6.26. The van der Waals surface area contributed by atoms with Crippen molar-refractivity contribution in [2.45, 2.75) is 32.8 Å². The van der Waals surface area contributed by atoms with Crippen LogP contribution in [0, 0.1) is 5.92 Å². The molecular formula is C17H21NO3. The lowest BCUT2D eigenvalue weighted by atomic mass is 10.1. The van der Waals surface area contributed by atoms with Gasteiger partial charge in [0.05, 0.1) is 5.56 Å². The molecule has 1 fully saturated rings. The Labute approximate surface area is 125 Å². The van der Waals surface area contributed by atoms with E-state index in [4.69, 9.17) is 4.74 Å². The first-order valence-electron chi connectivity index (χ1n) is 7.06. The Hall–Kier alpha value is -2.10. The molecule has 1 saturated heterocycles. The van der Waals surface area contributed by atoms with Crippen LogP contribution in [0.2, 0.25) is 0 Å². The van der Waals surface area contributed by atoms with Crippen molar-refractivity contribution in [3.63, 3.8) is 0 Å². The monoisotopic (exact) mass is 287 g/mol. The largest absolute Gasteiger partial charge is 0.456 e. The summed E-state index contributed by atoms with van der Waals surface area (Å²) in [6, 6.07) is 7.00. The van der Waals surface area contributed by atoms with E-state index in [2.05, 4.69) is 6.58 Å². The highest BCUT2D eigenvalue weighted by Crippen LogP contribution is 2.26. The molecule has 0 bridgehead atoms. The first kappa shape index (κ1) is 15.3. The second kappa shape index (κ2) is 5.72. The molecule has 0 saturated carbocycles. The van der Waals surface area contributed by atoms with Crippen molar-refractivity contribution in [1.82, 2.24) is 0 Å². The zero-order chi connectivity index (χ0) is 15.6. The van der Waals surface area contributed by atoms with E-state index in [1.54, 1.807) is 29.2 Å². The maximum atomic E-state index is 12.1.